The zero-order valence-electron chi connectivity index (χ0n) is 25.4. The minimum Gasteiger partial charge on any atom is -0.465 e. The number of hydrogen-bond donors (Lipinski definition) is 0. The molecule has 0 aliphatic rings. The van der Waals surface area contributed by atoms with Gasteiger partial charge in [0.05, 0.1) is 12.5 Å². The Morgan fingerprint density at radius 3 is 1.11 bits per heavy atom. The zero-order valence-corrected chi connectivity index (χ0v) is 25.4. The first-order chi connectivity index (χ1) is 17.8. The molecule has 0 amide bonds. The molecule has 0 spiro atoms. The molecule has 0 aliphatic heterocycles. The number of unbranched alkanes of at least 4 members (excludes halogenated alkanes) is 23. The number of carbonyl (C=O) groups excluding carboxylic acids is 1. The van der Waals surface area contributed by atoms with Crippen LogP contribution in [-0.4, -0.2) is 12.6 Å². The van der Waals surface area contributed by atoms with Gasteiger partial charge in [-0.25, -0.2) is 0 Å². The van der Waals surface area contributed by atoms with Crippen LogP contribution in [0.5, 0.6) is 0 Å². The minimum absolute atomic E-state index is 0.0922. The Bertz CT molecular complexity index is 419. The molecule has 2 heteroatoms. The fraction of sp³-hybridized carbons (Fsp3) is 0.971. The maximum Gasteiger partial charge on any atom is 0.308 e. The van der Waals surface area contributed by atoms with E-state index < -0.39 is 0 Å². The second kappa shape index (κ2) is 30.7. The van der Waals surface area contributed by atoms with Gasteiger partial charge >= 0.3 is 5.97 Å². The van der Waals surface area contributed by atoms with Crippen molar-refractivity contribution in [3.8, 4) is 0 Å². The maximum absolute atomic E-state index is 12.7. The topological polar surface area (TPSA) is 26.3 Å². The van der Waals surface area contributed by atoms with Gasteiger partial charge in [-0.3, -0.25) is 4.79 Å². The lowest BCUT2D eigenvalue weighted by Crippen LogP contribution is -2.18. The van der Waals surface area contributed by atoms with Crippen molar-refractivity contribution in [3.05, 3.63) is 0 Å². The van der Waals surface area contributed by atoms with Gasteiger partial charge in [-0.2, -0.15) is 0 Å². The number of ether oxygens (including phenoxy) is 1. The predicted molar refractivity (Wildman–Crippen MR) is 161 cm³/mol. The average molecular weight is 509 g/mol. The van der Waals surface area contributed by atoms with Crippen molar-refractivity contribution in [2.24, 2.45) is 5.92 Å². The lowest BCUT2D eigenvalue weighted by molar-refractivity contribution is -0.149. The highest BCUT2D eigenvalue weighted by atomic mass is 16.5. The van der Waals surface area contributed by atoms with E-state index in [0.717, 1.165) is 25.7 Å². The third kappa shape index (κ3) is 26.5. The van der Waals surface area contributed by atoms with Crippen molar-refractivity contribution < 1.29 is 9.53 Å². The van der Waals surface area contributed by atoms with E-state index in [2.05, 4.69) is 20.8 Å². The van der Waals surface area contributed by atoms with Crippen LogP contribution in [0.25, 0.3) is 0 Å². The van der Waals surface area contributed by atoms with Crippen LogP contribution in [0.3, 0.4) is 0 Å². The summed E-state index contributed by atoms with van der Waals surface area (Å²) < 4.78 is 5.71. The molecule has 0 aliphatic carbocycles. The summed E-state index contributed by atoms with van der Waals surface area (Å²) in [7, 11) is 0. The summed E-state index contributed by atoms with van der Waals surface area (Å²) in [6, 6.07) is 0. The second-order valence-electron chi connectivity index (χ2n) is 11.6. The first-order valence-corrected chi connectivity index (χ1v) is 16.9. The molecule has 0 saturated carbocycles. The minimum atomic E-state index is 0.0922. The summed E-state index contributed by atoms with van der Waals surface area (Å²) >= 11 is 0. The van der Waals surface area contributed by atoms with Crippen molar-refractivity contribution in [2.45, 2.75) is 201 Å². The first kappa shape index (κ1) is 35.5. The van der Waals surface area contributed by atoms with Gasteiger partial charge < -0.3 is 4.74 Å². The van der Waals surface area contributed by atoms with Crippen molar-refractivity contribution in [1.29, 1.82) is 0 Å². The van der Waals surface area contributed by atoms with Crippen molar-refractivity contribution in [1.82, 2.24) is 0 Å². The SMILES string of the molecule is CCCCCCCCCCCCCCOC(=O)C(CCCC)CCCCCCCCCCCCCC. The molecule has 0 heterocycles. The largest absolute Gasteiger partial charge is 0.465 e. The molecule has 2 nitrogen and oxygen atoms in total. The molecule has 0 aromatic rings. The normalized spacial score (nSPS) is 12.2. The maximum atomic E-state index is 12.7. The summed E-state index contributed by atoms with van der Waals surface area (Å²) in [6.07, 6.45) is 37.0. The van der Waals surface area contributed by atoms with Gasteiger partial charge in [0, 0.05) is 0 Å². The van der Waals surface area contributed by atoms with Crippen molar-refractivity contribution >= 4 is 5.97 Å². The van der Waals surface area contributed by atoms with Gasteiger partial charge in [-0.15, -0.1) is 0 Å². The van der Waals surface area contributed by atoms with E-state index in [-0.39, 0.29) is 11.9 Å². The molecule has 0 aromatic heterocycles. The molecule has 0 radical (unpaired) electrons. The fourth-order valence-corrected chi connectivity index (χ4v) is 5.30. The van der Waals surface area contributed by atoms with Crippen LogP contribution in [0.2, 0.25) is 0 Å². The van der Waals surface area contributed by atoms with Gasteiger partial charge in [0.25, 0.3) is 0 Å². The van der Waals surface area contributed by atoms with Gasteiger partial charge in [-0.05, 0) is 19.3 Å². The Morgan fingerprint density at radius 1 is 0.417 bits per heavy atom. The molecule has 1 atom stereocenters. The van der Waals surface area contributed by atoms with E-state index in [0.29, 0.717) is 6.61 Å². The number of carbonyl (C=O) groups is 1. The van der Waals surface area contributed by atoms with Gasteiger partial charge in [0.1, 0.15) is 0 Å². The first-order valence-electron chi connectivity index (χ1n) is 16.9. The second-order valence-corrected chi connectivity index (χ2v) is 11.6. The summed E-state index contributed by atoms with van der Waals surface area (Å²) in [5.41, 5.74) is 0. The third-order valence-electron chi connectivity index (χ3n) is 7.89. The van der Waals surface area contributed by atoms with Gasteiger partial charge in [-0.1, -0.05) is 181 Å². The lowest BCUT2D eigenvalue weighted by Gasteiger charge is -2.16. The molecule has 0 rings (SSSR count). The van der Waals surface area contributed by atoms with Crippen LogP contribution < -0.4 is 0 Å². The van der Waals surface area contributed by atoms with Crippen LogP contribution in [0, 0.1) is 5.92 Å². The van der Waals surface area contributed by atoms with Crippen molar-refractivity contribution in [2.75, 3.05) is 6.61 Å². The Kier molecular flexibility index (Phi) is 30.2. The van der Waals surface area contributed by atoms with Crippen LogP contribution in [-0.2, 0) is 9.53 Å². The highest BCUT2D eigenvalue weighted by Gasteiger charge is 2.18. The Hall–Kier alpha value is -0.530. The lowest BCUT2D eigenvalue weighted by atomic mass is 9.95. The molecule has 0 fully saturated rings. The molecule has 0 saturated heterocycles. The Labute approximate surface area is 228 Å². The molecular formula is C34H68O2. The van der Waals surface area contributed by atoms with Crippen LogP contribution in [0.15, 0.2) is 0 Å². The highest BCUT2D eigenvalue weighted by Crippen LogP contribution is 2.20. The number of esters is 1. The van der Waals surface area contributed by atoms with E-state index in [4.69, 9.17) is 4.74 Å². The van der Waals surface area contributed by atoms with E-state index in [1.807, 2.05) is 0 Å². The molecular weight excluding hydrogens is 440 g/mol. The molecule has 0 aromatic carbocycles. The standard InChI is InChI=1S/C34H68O2/c1-4-7-10-12-14-16-18-20-22-24-26-28-31-33(30-9-6-3)34(35)36-32-29-27-25-23-21-19-17-15-13-11-8-5-2/h33H,4-32H2,1-3H3. The van der Waals surface area contributed by atoms with E-state index in [1.54, 1.807) is 0 Å². The summed E-state index contributed by atoms with van der Waals surface area (Å²) in [5, 5.41) is 0. The Balaban J connectivity index is 3.65. The summed E-state index contributed by atoms with van der Waals surface area (Å²) in [4.78, 5) is 12.7. The predicted octanol–water partition coefficient (Wildman–Crippen LogP) is 12.1. The van der Waals surface area contributed by atoms with Gasteiger partial charge in [0.2, 0.25) is 0 Å². The zero-order chi connectivity index (χ0) is 26.4. The van der Waals surface area contributed by atoms with E-state index in [9.17, 15) is 4.79 Å². The summed E-state index contributed by atoms with van der Waals surface area (Å²) in [6.45, 7) is 7.43. The number of hydrogen-bond acceptors (Lipinski definition) is 2. The average Bonchev–Trinajstić information content (AvgIpc) is 2.89. The summed E-state index contributed by atoms with van der Waals surface area (Å²) in [5.74, 6) is 0.236. The third-order valence-corrected chi connectivity index (χ3v) is 7.89. The molecule has 1 unspecified atom stereocenters. The van der Waals surface area contributed by atoms with Crippen LogP contribution >= 0.6 is 0 Å². The van der Waals surface area contributed by atoms with E-state index in [1.165, 1.54) is 154 Å². The molecule has 36 heavy (non-hydrogen) atoms. The fourth-order valence-electron chi connectivity index (χ4n) is 5.30. The molecule has 216 valence electrons. The quantitative estimate of drug-likeness (QED) is 0.0712. The molecule has 0 bridgehead atoms. The highest BCUT2D eigenvalue weighted by molar-refractivity contribution is 5.72. The van der Waals surface area contributed by atoms with E-state index >= 15 is 0 Å². The monoisotopic (exact) mass is 509 g/mol. The van der Waals surface area contributed by atoms with Crippen LogP contribution in [0.1, 0.15) is 201 Å². The van der Waals surface area contributed by atoms with Gasteiger partial charge in [0.15, 0.2) is 0 Å². The van der Waals surface area contributed by atoms with Crippen molar-refractivity contribution in [3.63, 3.8) is 0 Å². The van der Waals surface area contributed by atoms with Crippen LogP contribution in [0.4, 0.5) is 0 Å². The molecule has 0 N–H and O–H groups in total. The smallest absolute Gasteiger partial charge is 0.308 e. The number of rotatable bonds is 30. The Morgan fingerprint density at radius 2 is 0.722 bits per heavy atom.